The molecule has 4 aromatic rings. The molecule has 6 nitrogen and oxygen atoms in total. The van der Waals surface area contributed by atoms with E-state index in [2.05, 4.69) is 99.5 Å². The monoisotopic (exact) mass is 792 g/mol. The molecule has 0 amide bonds. The highest BCUT2D eigenvalue weighted by molar-refractivity contribution is 8.30. The average Bonchev–Trinajstić information content (AvgIpc) is 3.97. The minimum Gasteiger partial charge on any atom is -0.493 e. The van der Waals surface area contributed by atoms with E-state index in [9.17, 15) is 15.9 Å². The first kappa shape index (κ1) is 38.7. The van der Waals surface area contributed by atoms with Gasteiger partial charge in [-0.15, -0.1) is 22.7 Å². The van der Waals surface area contributed by atoms with Crippen molar-refractivity contribution in [2.45, 2.75) is 53.4 Å². The molecule has 2 aromatic heterocycles. The molecule has 0 unspecified atom stereocenters. The molecule has 1 saturated heterocycles. The second kappa shape index (κ2) is 17.9. The largest absolute Gasteiger partial charge is 0.493 e. The molecule has 2 aromatic carbocycles. The third kappa shape index (κ3) is 8.41. The Hall–Kier alpha value is -3.97. The lowest BCUT2D eigenvalue weighted by Gasteiger charge is -2.22. The first-order valence-electron chi connectivity index (χ1n) is 17.7. The van der Waals surface area contributed by atoms with E-state index in [1.165, 1.54) is 23.5 Å². The predicted molar refractivity (Wildman–Crippen MR) is 230 cm³/mol. The van der Waals surface area contributed by atoms with E-state index < -0.39 is 0 Å². The number of nitriles is 2. The fraction of sp³-hybridized carbons (Fsp3) is 0.286. The zero-order chi connectivity index (χ0) is 37.5. The number of hydrogen-bond acceptors (Lipinski definition) is 11. The standard InChI is InChI=1S/C42H40N4O2S5/c1-5-25(6-2)23-47-30-13-9-27(10-14-30)32-17-19-34(50-32)36-38(45)39(46-49)37(41-40(36)52-42(53-41)29(21-43)22-44)35-20-18-33(51-35)28-11-15-31(16-12-28)48-24-26(7-3)8-4/h9-20,25-26,45,49H,5-8,23-24H2,1-4H3/b45-38?,46-39-. The Balaban J connectivity index is 1.35. The number of thiophene rings is 2. The maximum absolute atomic E-state index is 9.82. The normalized spacial score (nSPS) is 15.0. The summed E-state index contributed by atoms with van der Waals surface area (Å²) in [5, 5.41) is 29.2. The van der Waals surface area contributed by atoms with Gasteiger partial charge in [-0.25, -0.2) is 4.40 Å². The number of allylic oxidation sites excluding steroid dienone is 3. The van der Waals surface area contributed by atoms with Gasteiger partial charge in [0.25, 0.3) is 0 Å². The van der Waals surface area contributed by atoms with Crippen LogP contribution in [0.15, 0.2) is 96.8 Å². The lowest BCUT2D eigenvalue weighted by atomic mass is 9.91. The van der Waals surface area contributed by atoms with Crippen molar-refractivity contribution in [1.82, 2.24) is 0 Å². The van der Waals surface area contributed by atoms with Gasteiger partial charge in [-0.1, -0.05) is 76.9 Å². The summed E-state index contributed by atoms with van der Waals surface area (Å²) >= 11 is 10.4. The lowest BCUT2D eigenvalue weighted by Crippen LogP contribution is -2.21. The van der Waals surface area contributed by atoms with Crippen LogP contribution in [0, 0.1) is 39.9 Å². The highest BCUT2D eigenvalue weighted by atomic mass is 32.2. The van der Waals surface area contributed by atoms with Crippen LogP contribution in [0.25, 0.3) is 32.0 Å². The summed E-state index contributed by atoms with van der Waals surface area (Å²) < 4.78 is 17.1. The molecule has 0 spiro atoms. The number of benzene rings is 2. The van der Waals surface area contributed by atoms with E-state index in [0.717, 1.165) is 88.8 Å². The summed E-state index contributed by atoms with van der Waals surface area (Å²) in [6, 6.07) is 28.7. The lowest BCUT2D eigenvalue weighted by molar-refractivity contribution is 0.240. The van der Waals surface area contributed by atoms with Gasteiger partial charge < -0.3 is 9.47 Å². The molecule has 1 aliphatic carbocycles. The van der Waals surface area contributed by atoms with E-state index >= 15 is 0 Å². The van der Waals surface area contributed by atoms with Crippen molar-refractivity contribution in [3.8, 4) is 44.5 Å². The summed E-state index contributed by atoms with van der Waals surface area (Å²) in [6.07, 6.45) is 4.38. The SMILES string of the molecule is CCC(CC)COc1ccc(-c2ccc(C3=C4SC(=C(C#N)C#N)SC4=C(c4ccc(-c5ccc(OCC(CC)CC)cc5)s4)/C(=N/S)C3=N)s2)cc1. The number of nitrogens with zero attached hydrogens (tertiary/aromatic N) is 3. The highest BCUT2D eigenvalue weighted by Crippen LogP contribution is 2.61. The van der Waals surface area contributed by atoms with Crippen LogP contribution in [-0.2, 0) is 0 Å². The van der Waals surface area contributed by atoms with Gasteiger partial charge in [0.1, 0.15) is 34.9 Å². The van der Waals surface area contributed by atoms with Crippen LogP contribution < -0.4 is 9.47 Å². The molecule has 11 heteroatoms. The summed E-state index contributed by atoms with van der Waals surface area (Å²) in [5.74, 6) is 2.80. The molecule has 6 rings (SSSR count). The number of ether oxygens (including phenoxy) is 2. The van der Waals surface area contributed by atoms with Crippen LogP contribution in [0.4, 0.5) is 0 Å². The molecule has 0 saturated carbocycles. The summed E-state index contributed by atoms with van der Waals surface area (Å²) in [6.45, 7) is 10.2. The molecule has 1 aliphatic heterocycles. The van der Waals surface area contributed by atoms with Crippen LogP contribution in [0.1, 0.15) is 63.1 Å². The minimum atomic E-state index is 0.0562. The fourth-order valence-corrected chi connectivity index (χ4v) is 11.2. The number of fused-ring (bicyclic) bond motifs is 1. The number of hydrogen-bond donors (Lipinski definition) is 2. The number of nitrogens with one attached hydrogen (secondary N) is 1. The Morgan fingerprint density at radius 2 is 1.08 bits per heavy atom. The fourth-order valence-electron chi connectivity index (χ4n) is 6.04. The summed E-state index contributed by atoms with van der Waals surface area (Å²) in [7, 11) is 0. The molecular weight excluding hydrogens is 753 g/mol. The number of thioether (sulfide) groups is 2. The van der Waals surface area contributed by atoms with Crippen LogP contribution in [0.2, 0.25) is 0 Å². The molecule has 1 N–H and O–H groups in total. The van der Waals surface area contributed by atoms with Gasteiger partial charge in [-0.05, 0) is 109 Å². The first-order valence-corrected chi connectivity index (χ1v) is 21.4. The van der Waals surface area contributed by atoms with Gasteiger partial charge in [0, 0.05) is 40.5 Å². The second-order valence-corrected chi connectivity index (χ2v) is 17.4. The zero-order valence-corrected chi connectivity index (χ0v) is 34.2. The van der Waals surface area contributed by atoms with E-state index in [-0.39, 0.29) is 11.3 Å². The average molecular weight is 793 g/mol. The van der Waals surface area contributed by atoms with Crippen LogP contribution in [0.5, 0.6) is 11.5 Å². The third-order valence-electron chi connectivity index (χ3n) is 9.56. The van der Waals surface area contributed by atoms with Gasteiger partial charge in [-0.3, -0.25) is 5.41 Å². The van der Waals surface area contributed by atoms with Crippen molar-refractivity contribution >= 4 is 81.6 Å². The molecule has 0 bridgehead atoms. The van der Waals surface area contributed by atoms with Gasteiger partial charge in [-0.2, -0.15) is 10.5 Å². The first-order chi connectivity index (χ1) is 25.8. The Kier molecular flexibility index (Phi) is 13.1. The summed E-state index contributed by atoms with van der Waals surface area (Å²) in [5.41, 5.74) is 4.41. The zero-order valence-electron chi connectivity index (χ0n) is 30.1. The van der Waals surface area contributed by atoms with E-state index in [1.807, 2.05) is 30.3 Å². The van der Waals surface area contributed by atoms with Crippen LogP contribution in [0.3, 0.4) is 0 Å². The van der Waals surface area contributed by atoms with Crippen LogP contribution >= 0.6 is 59.0 Å². The van der Waals surface area contributed by atoms with E-state index in [0.29, 0.717) is 35.0 Å². The van der Waals surface area contributed by atoms with Gasteiger partial charge >= 0.3 is 0 Å². The quantitative estimate of drug-likeness (QED) is 0.0749. The maximum Gasteiger partial charge on any atom is 0.150 e. The Morgan fingerprint density at radius 3 is 1.49 bits per heavy atom. The molecule has 0 atom stereocenters. The van der Waals surface area contributed by atoms with Crippen molar-refractivity contribution in [2.24, 2.45) is 16.2 Å². The molecule has 1 fully saturated rings. The Morgan fingerprint density at radius 1 is 0.660 bits per heavy atom. The van der Waals surface area contributed by atoms with Crippen molar-refractivity contribution in [2.75, 3.05) is 13.2 Å². The predicted octanol–water partition coefficient (Wildman–Crippen LogP) is 13.0. The van der Waals surface area contributed by atoms with Crippen molar-refractivity contribution in [3.05, 3.63) is 102 Å². The van der Waals surface area contributed by atoms with Crippen LogP contribution in [-0.4, -0.2) is 24.6 Å². The van der Waals surface area contributed by atoms with Gasteiger partial charge in [0.15, 0.2) is 0 Å². The topological polar surface area (TPSA) is 102 Å². The maximum atomic E-state index is 9.82. The smallest absolute Gasteiger partial charge is 0.150 e. The second-order valence-electron chi connectivity index (χ2n) is 12.7. The van der Waals surface area contributed by atoms with Crippen molar-refractivity contribution in [3.63, 3.8) is 0 Å². The number of rotatable bonds is 14. The third-order valence-corrected chi connectivity index (χ3v) is 14.7. The van der Waals surface area contributed by atoms with E-state index in [1.54, 1.807) is 22.7 Å². The molecule has 53 heavy (non-hydrogen) atoms. The van der Waals surface area contributed by atoms with Gasteiger partial charge in [0.05, 0.1) is 23.2 Å². The molecule has 2 aliphatic rings. The van der Waals surface area contributed by atoms with E-state index in [4.69, 9.17) is 9.47 Å². The Labute approximate surface area is 334 Å². The molecule has 270 valence electrons. The molecule has 3 heterocycles. The molecule has 0 radical (unpaired) electrons. The van der Waals surface area contributed by atoms with Gasteiger partial charge in [0.2, 0.25) is 0 Å². The highest BCUT2D eigenvalue weighted by Gasteiger charge is 2.39. The summed E-state index contributed by atoms with van der Waals surface area (Å²) in [4.78, 5) is 5.69. The van der Waals surface area contributed by atoms with Crippen molar-refractivity contribution in [1.29, 1.82) is 15.9 Å². The number of thiol groups is 1. The molecular formula is C42H40N4O2S5. The Bertz CT molecular complexity index is 2170. The van der Waals surface area contributed by atoms with Crippen molar-refractivity contribution < 1.29 is 9.47 Å². The minimum absolute atomic E-state index is 0.0562.